The quantitative estimate of drug-likeness (QED) is 0.794. The molecule has 5 nitrogen and oxygen atoms in total. The summed E-state index contributed by atoms with van der Waals surface area (Å²) in [5.41, 5.74) is 7.94. The number of hydrogen-bond donors (Lipinski definition) is 2. The standard InChI is InChI=1S/C13H16N4O/c1-10-8-16-17(9-10)7-6-15-13(18)11-2-4-12(14)5-3-11/h2-5,8-9H,6-7,14H2,1H3,(H,15,18). The van der Waals surface area contributed by atoms with Gasteiger partial charge in [-0.1, -0.05) is 0 Å². The van der Waals surface area contributed by atoms with E-state index in [9.17, 15) is 4.79 Å². The Morgan fingerprint density at radius 2 is 2.11 bits per heavy atom. The Morgan fingerprint density at radius 3 is 2.72 bits per heavy atom. The highest BCUT2D eigenvalue weighted by Gasteiger charge is 2.04. The van der Waals surface area contributed by atoms with Crippen LogP contribution in [0.2, 0.25) is 0 Å². The number of aromatic nitrogens is 2. The molecule has 5 heteroatoms. The fourth-order valence-electron chi connectivity index (χ4n) is 1.61. The van der Waals surface area contributed by atoms with E-state index in [1.54, 1.807) is 35.1 Å². The average molecular weight is 244 g/mol. The van der Waals surface area contributed by atoms with Crippen LogP contribution in [-0.4, -0.2) is 22.2 Å². The zero-order valence-electron chi connectivity index (χ0n) is 10.3. The summed E-state index contributed by atoms with van der Waals surface area (Å²) in [5, 5.41) is 6.98. The second-order valence-corrected chi connectivity index (χ2v) is 4.16. The van der Waals surface area contributed by atoms with Crippen LogP contribution in [0.4, 0.5) is 5.69 Å². The lowest BCUT2D eigenvalue weighted by Crippen LogP contribution is -2.27. The summed E-state index contributed by atoms with van der Waals surface area (Å²) < 4.78 is 1.80. The van der Waals surface area contributed by atoms with E-state index in [0.29, 0.717) is 24.3 Å². The van der Waals surface area contributed by atoms with Gasteiger partial charge in [-0.25, -0.2) is 0 Å². The van der Waals surface area contributed by atoms with E-state index in [0.717, 1.165) is 5.56 Å². The van der Waals surface area contributed by atoms with Crippen molar-refractivity contribution in [3.8, 4) is 0 Å². The highest BCUT2D eigenvalue weighted by atomic mass is 16.1. The molecule has 94 valence electrons. The number of rotatable bonds is 4. The van der Waals surface area contributed by atoms with Crippen LogP contribution in [0.1, 0.15) is 15.9 Å². The van der Waals surface area contributed by atoms with Gasteiger partial charge >= 0.3 is 0 Å². The molecule has 18 heavy (non-hydrogen) atoms. The van der Waals surface area contributed by atoms with E-state index >= 15 is 0 Å². The molecule has 0 aliphatic carbocycles. The Labute approximate surface area is 106 Å². The Hall–Kier alpha value is -2.30. The molecule has 0 radical (unpaired) electrons. The number of carbonyl (C=O) groups excluding carboxylic acids is 1. The minimum Gasteiger partial charge on any atom is -0.399 e. The molecule has 1 heterocycles. The van der Waals surface area contributed by atoms with Gasteiger partial charge in [0.2, 0.25) is 0 Å². The van der Waals surface area contributed by atoms with Gasteiger partial charge in [0.25, 0.3) is 5.91 Å². The summed E-state index contributed by atoms with van der Waals surface area (Å²) in [4.78, 5) is 11.8. The molecule has 0 aliphatic rings. The van der Waals surface area contributed by atoms with Crippen molar-refractivity contribution in [2.45, 2.75) is 13.5 Å². The number of benzene rings is 1. The first kappa shape index (κ1) is 12.2. The van der Waals surface area contributed by atoms with Gasteiger partial charge in [-0.05, 0) is 36.8 Å². The molecule has 0 saturated carbocycles. The number of carbonyl (C=O) groups is 1. The Balaban J connectivity index is 1.83. The van der Waals surface area contributed by atoms with E-state index in [1.807, 2.05) is 13.1 Å². The highest BCUT2D eigenvalue weighted by molar-refractivity contribution is 5.94. The van der Waals surface area contributed by atoms with Gasteiger partial charge in [0.15, 0.2) is 0 Å². The predicted molar refractivity (Wildman–Crippen MR) is 70.2 cm³/mol. The van der Waals surface area contributed by atoms with Gasteiger partial charge in [0.1, 0.15) is 0 Å². The van der Waals surface area contributed by atoms with Crippen molar-refractivity contribution in [2.75, 3.05) is 12.3 Å². The number of nitrogen functional groups attached to an aromatic ring is 1. The van der Waals surface area contributed by atoms with E-state index in [2.05, 4.69) is 10.4 Å². The Kier molecular flexibility index (Phi) is 3.62. The zero-order valence-corrected chi connectivity index (χ0v) is 10.3. The van der Waals surface area contributed by atoms with Gasteiger partial charge < -0.3 is 11.1 Å². The molecular formula is C13H16N4O. The average Bonchev–Trinajstić information content (AvgIpc) is 2.76. The largest absolute Gasteiger partial charge is 0.399 e. The fourth-order valence-corrected chi connectivity index (χ4v) is 1.61. The van der Waals surface area contributed by atoms with Crippen molar-refractivity contribution in [1.29, 1.82) is 0 Å². The zero-order chi connectivity index (χ0) is 13.0. The summed E-state index contributed by atoms with van der Waals surface area (Å²) >= 11 is 0. The molecule has 2 aromatic rings. The van der Waals surface area contributed by atoms with Gasteiger partial charge in [-0.15, -0.1) is 0 Å². The van der Waals surface area contributed by atoms with Crippen molar-refractivity contribution in [3.63, 3.8) is 0 Å². The number of anilines is 1. The molecule has 0 unspecified atom stereocenters. The number of amides is 1. The van der Waals surface area contributed by atoms with Gasteiger partial charge in [-0.3, -0.25) is 9.48 Å². The lowest BCUT2D eigenvalue weighted by atomic mass is 10.2. The summed E-state index contributed by atoms with van der Waals surface area (Å²) in [6.45, 7) is 3.19. The molecule has 0 saturated heterocycles. The van der Waals surface area contributed by atoms with Crippen LogP contribution in [0.3, 0.4) is 0 Å². The minimum atomic E-state index is -0.0983. The summed E-state index contributed by atoms with van der Waals surface area (Å²) in [5.74, 6) is -0.0983. The van der Waals surface area contributed by atoms with Crippen molar-refractivity contribution in [2.24, 2.45) is 0 Å². The van der Waals surface area contributed by atoms with Crippen LogP contribution in [0.25, 0.3) is 0 Å². The predicted octanol–water partition coefficient (Wildman–Crippen LogP) is 1.20. The molecule has 0 fully saturated rings. The smallest absolute Gasteiger partial charge is 0.251 e. The molecule has 0 spiro atoms. The van der Waals surface area contributed by atoms with Crippen LogP contribution in [-0.2, 0) is 6.54 Å². The van der Waals surface area contributed by atoms with Crippen LogP contribution < -0.4 is 11.1 Å². The maximum absolute atomic E-state index is 11.8. The maximum atomic E-state index is 11.8. The topological polar surface area (TPSA) is 72.9 Å². The number of hydrogen-bond acceptors (Lipinski definition) is 3. The van der Waals surface area contributed by atoms with E-state index in [-0.39, 0.29) is 5.91 Å². The molecule has 1 aromatic heterocycles. The SMILES string of the molecule is Cc1cnn(CCNC(=O)c2ccc(N)cc2)c1. The molecular weight excluding hydrogens is 228 g/mol. The lowest BCUT2D eigenvalue weighted by Gasteiger charge is -2.05. The number of nitrogens with zero attached hydrogens (tertiary/aromatic N) is 2. The normalized spacial score (nSPS) is 10.3. The molecule has 2 rings (SSSR count). The minimum absolute atomic E-state index is 0.0983. The van der Waals surface area contributed by atoms with Crippen molar-refractivity contribution in [3.05, 3.63) is 47.8 Å². The Morgan fingerprint density at radius 1 is 1.39 bits per heavy atom. The molecule has 0 aliphatic heterocycles. The highest BCUT2D eigenvalue weighted by Crippen LogP contribution is 2.04. The third-order valence-corrected chi connectivity index (χ3v) is 2.56. The van der Waals surface area contributed by atoms with Crippen molar-refractivity contribution in [1.82, 2.24) is 15.1 Å². The fraction of sp³-hybridized carbons (Fsp3) is 0.231. The van der Waals surface area contributed by atoms with Gasteiger partial charge in [0.05, 0.1) is 12.7 Å². The number of aryl methyl sites for hydroxylation is 1. The van der Waals surface area contributed by atoms with Crippen LogP contribution in [0, 0.1) is 6.92 Å². The summed E-state index contributed by atoms with van der Waals surface area (Å²) in [7, 11) is 0. The Bertz CT molecular complexity index is 530. The number of nitrogens with two attached hydrogens (primary N) is 1. The molecule has 1 amide bonds. The molecule has 0 bridgehead atoms. The molecule has 0 atom stereocenters. The van der Waals surface area contributed by atoms with Gasteiger partial charge in [0, 0.05) is 24.0 Å². The van der Waals surface area contributed by atoms with Crippen LogP contribution in [0.15, 0.2) is 36.7 Å². The van der Waals surface area contributed by atoms with E-state index in [4.69, 9.17) is 5.73 Å². The maximum Gasteiger partial charge on any atom is 0.251 e. The van der Waals surface area contributed by atoms with Crippen molar-refractivity contribution >= 4 is 11.6 Å². The van der Waals surface area contributed by atoms with E-state index < -0.39 is 0 Å². The third-order valence-electron chi connectivity index (χ3n) is 2.56. The lowest BCUT2D eigenvalue weighted by molar-refractivity contribution is 0.0952. The summed E-state index contributed by atoms with van der Waals surface area (Å²) in [6.07, 6.45) is 3.73. The number of nitrogens with one attached hydrogen (secondary N) is 1. The molecule has 1 aromatic carbocycles. The summed E-state index contributed by atoms with van der Waals surface area (Å²) in [6, 6.07) is 6.85. The first-order valence-corrected chi connectivity index (χ1v) is 5.78. The first-order chi connectivity index (χ1) is 8.65. The van der Waals surface area contributed by atoms with Crippen LogP contribution in [0.5, 0.6) is 0 Å². The first-order valence-electron chi connectivity index (χ1n) is 5.78. The van der Waals surface area contributed by atoms with Crippen LogP contribution >= 0.6 is 0 Å². The molecule has 3 N–H and O–H groups in total. The third kappa shape index (κ3) is 3.10. The van der Waals surface area contributed by atoms with Crippen molar-refractivity contribution < 1.29 is 4.79 Å². The van der Waals surface area contributed by atoms with E-state index in [1.165, 1.54) is 0 Å². The van der Waals surface area contributed by atoms with Gasteiger partial charge in [-0.2, -0.15) is 5.10 Å². The second-order valence-electron chi connectivity index (χ2n) is 4.16. The monoisotopic (exact) mass is 244 g/mol. The second kappa shape index (κ2) is 5.35.